The maximum atomic E-state index is 13.0. The molecule has 0 aliphatic rings. The average molecular weight is 608 g/mol. The van der Waals surface area contributed by atoms with E-state index in [4.69, 9.17) is 0 Å². The Morgan fingerprint density at radius 3 is 1.61 bits per heavy atom. The summed E-state index contributed by atoms with van der Waals surface area (Å²) in [6.45, 7) is 1.97. The summed E-state index contributed by atoms with van der Waals surface area (Å²) in [6, 6.07) is 7.33. The van der Waals surface area contributed by atoms with Crippen LogP contribution in [-0.2, 0) is 25.2 Å². The predicted molar refractivity (Wildman–Crippen MR) is 122 cm³/mol. The monoisotopic (exact) mass is 608 g/mol. The normalized spacial score (nSPS) is 15.8. The summed E-state index contributed by atoms with van der Waals surface area (Å²) in [6.07, 6.45) is -6.07. The molecule has 2 unspecified atom stereocenters. The van der Waals surface area contributed by atoms with Crippen molar-refractivity contribution >= 4 is 32.7 Å². The topological polar surface area (TPSA) is 54.4 Å². The average Bonchev–Trinajstić information content (AvgIpc) is 2.71. The Kier molecular flexibility index (Phi) is 8.89. The van der Waals surface area contributed by atoms with E-state index in [2.05, 4.69) is 0 Å². The molecule has 184 valence electrons. The van der Waals surface area contributed by atoms with Gasteiger partial charge in [0.15, 0.2) is 2.75 Å². The van der Waals surface area contributed by atoms with Gasteiger partial charge in [0.25, 0.3) is 10.1 Å². The molecule has 0 aliphatic heterocycles. The molecule has 2 aromatic rings. The van der Waals surface area contributed by atoms with Crippen molar-refractivity contribution in [2.75, 3.05) is 0 Å². The zero-order valence-corrected chi connectivity index (χ0v) is 20.5. The molecule has 0 aliphatic carbocycles. The number of hydrogen-bond donors (Lipinski definition) is 1. The molecule has 33 heavy (non-hydrogen) atoms. The van der Waals surface area contributed by atoms with Crippen LogP contribution in [0.2, 0.25) is 0 Å². The van der Waals surface area contributed by atoms with Crippen LogP contribution in [0.4, 0.5) is 26.3 Å². The third kappa shape index (κ3) is 6.62. The van der Waals surface area contributed by atoms with E-state index >= 15 is 0 Å². The van der Waals surface area contributed by atoms with Crippen LogP contribution in [0.15, 0.2) is 48.5 Å². The van der Waals surface area contributed by atoms with E-state index in [1.807, 2.05) is 6.92 Å². The third-order valence-electron chi connectivity index (χ3n) is 5.42. The van der Waals surface area contributed by atoms with Gasteiger partial charge in [-0.3, -0.25) is 4.55 Å². The molecule has 0 radical (unpaired) electrons. The zero-order valence-electron chi connectivity index (χ0n) is 17.5. The quantitative estimate of drug-likeness (QED) is 0.103. The molecule has 0 heterocycles. The van der Waals surface area contributed by atoms with Crippen LogP contribution < -0.4 is 0 Å². The molecule has 2 atom stereocenters. The molecule has 3 nitrogen and oxygen atoms in total. The van der Waals surface area contributed by atoms with Crippen LogP contribution in [0.3, 0.4) is 0 Å². The summed E-state index contributed by atoms with van der Waals surface area (Å²) in [7, 11) is -4.91. The number of unbranched alkanes of at least 4 members (excludes halogenated alkanes) is 3. The Balaban J connectivity index is 2.61. The van der Waals surface area contributed by atoms with Gasteiger partial charge in [-0.1, -0.05) is 79.5 Å². The Bertz CT molecular complexity index is 1020. The minimum absolute atomic E-state index is 0.0982. The van der Waals surface area contributed by atoms with Crippen molar-refractivity contribution in [1.29, 1.82) is 0 Å². The lowest BCUT2D eigenvalue weighted by atomic mass is 9.86. The number of alkyl halides is 7. The van der Waals surface area contributed by atoms with E-state index < -0.39 is 42.3 Å². The Hall–Kier alpha value is -1.34. The first kappa shape index (κ1) is 27.9. The Morgan fingerprint density at radius 1 is 0.788 bits per heavy atom. The smallest absolute Gasteiger partial charge is 0.284 e. The van der Waals surface area contributed by atoms with Crippen LogP contribution in [0.25, 0.3) is 0 Å². The SMILES string of the molecule is CCCCCCC(c1ccc(C(F)(F)F)cc1)C(I)(c1ccc(C(F)(F)F)cc1)S(=O)(=O)O. The predicted octanol–water partition coefficient (Wildman–Crippen LogP) is 7.95. The van der Waals surface area contributed by atoms with Gasteiger partial charge < -0.3 is 0 Å². The van der Waals surface area contributed by atoms with Crippen molar-refractivity contribution in [3.63, 3.8) is 0 Å². The van der Waals surface area contributed by atoms with Gasteiger partial charge in [-0.25, -0.2) is 0 Å². The van der Waals surface area contributed by atoms with E-state index in [0.29, 0.717) is 6.42 Å². The highest BCUT2D eigenvalue weighted by atomic mass is 127. The zero-order chi connectivity index (χ0) is 25.1. The molecule has 11 heteroatoms. The highest BCUT2D eigenvalue weighted by molar-refractivity contribution is 14.1. The van der Waals surface area contributed by atoms with Crippen molar-refractivity contribution in [3.8, 4) is 0 Å². The Morgan fingerprint density at radius 2 is 1.21 bits per heavy atom. The van der Waals surface area contributed by atoms with Crippen molar-refractivity contribution in [2.24, 2.45) is 0 Å². The van der Waals surface area contributed by atoms with Gasteiger partial charge in [0.2, 0.25) is 0 Å². The van der Waals surface area contributed by atoms with E-state index in [0.717, 1.165) is 67.8 Å². The summed E-state index contributed by atoms with van der Waals surface area (Å²) in [4.78, 5) is 0. The Labute approximate surface area is 202 Å². The van der Waals surface area contributed by atoms with Crippen molar-refractivity contribution in [1.82, 2.24) is 0 Å². The maximum absolute atomic E-state index is 13.0. The second-order valence-electron chi connectivity index (χ2n) is 7.72. The number of rotatable bonds is 9. The molecule has 0 bridgehead atoms. The van der Waals surface area contributed by atoms with Gasteiger partial charge in [-0.05, 0) is 41.8 Å². The highest BCUT2D eigenvalue weighted by Crippen LogP contribution is 2.51. The van der Waals surface area contributed by atoms with E-state index in [1.54, 1.807) is 0 Å². The first-order valence-corrected chi connectivity index (χ1v) is 12.6. The summed E-state index contributed by atoms with van der Waals surface area (Å²) < 4.78 is 111. The summed E-state index contributed by atoms with van der Waals surface area (Å²) in [5, 5.41) is 0. The largest absolute Gasteiger partial charge is 0.416 e. The van der Waals surface area contributed by atoms with Crippen LogP contribution in [0.1, 0.15) is 67.2 Å². The first-order chi connectivity index (χ1) is 15.1. The van der Waals surface area contributed by atoms with Gasteiger partial charge in [-0.2, -0.15) is 34.8 Å². The minimum Gasteiger partial charge on any atom is -0.284 e. The lowest BCUT2D eigenvalue weighted by Gasteiger charge is -2.34. The van der Waals surface area contributed by atoms with Gasteiger partial charge in [0.05, 0.1) is 11.1 Å². The summed E-state index contributed by atoms with van der Waals surface area (Å²) in [5.74, 6) is -1.01. The molecule has 0 spiro atoms. The first-order valence-electron chi connectivity index (χ1n) is 10.1. The molecule has 1 N–H and O–H groups in total. The lowest BCUT2D eigenvalue weighted by Crippen LogP contribution is -2.36. The maximum Gasteiger partial charge on any atom is 0.416 e. The standard InChI is InChI=1S/C22H23F6IO3S/c1-2-3-4-5-6-19(15-7-9-17(10-8-15)21(23,24)25)20(29,33(30,31)32)16-11-13-18(14-12-16)22(26,27)28/h7-14,19H,2-6H2,1H3,(H,30,31,32). The van der Waals surface area contributed by atoms with E-state index in [1.165, 1.54) is 22.6 Å². The van der Waals surface area contributed by atoms with Gasteiger partial charge in [-0.15, -0.1) is 0 Å². The van der Waals surface area contributed by atoms with Crippen LogP contribution >= 0.6 is 22.6 Å². The fraction of sp³-hybridized carbons (Fsp3) is 0.455. The van der Waals surface area contributed by atoms with E-state index in [-0.39, 0.29) is 17.5 Å². The van der Waals surface area contributed by atoms with Crippen molar-refractivity contribution in [3.05, 3.63) is 70.8 Å². The van der Waals surface area contributed by atoms with Gasteiger partial charge >= 0.3 is 12.4 Å². The molecule has 2 rings (SSSR count). The molecular formula is C22H23F6IO3S. The summed E-state index contributed by atoms with van der Waals surface area (Å²) >= 11 is 1.49. The number of hydrogen-bond acceptors (Lipinski definition) is 2. The molecule has 2 aromatic carbocycles. The van der Waals surface area contributed by atoms with Crippen LogP contribution in [-0.4, -0.2) is 13.0 Å². The molecule has 0 fully saturated rings. The third-order valence-corrected chi connectivity index (χ3v) is 9.73. The molecule has 0 amide bonds. The second-order valence-corrected chi connectivity index (χ2v) is 11.7. The van der Waals surface area contributed by atoms with Crippen molar-refractivity contribution in [2.45, 2.75) is 60.1 Å². The molecular weight excluding hydrogens is 585 g/mol. The number of benzene rings is 2. The van der Waals surface area contributed by atoms with Gasteiger partial charge in [0, 0.05) is 5.92 Å². The van der Waals surface area contributed by atoms with E-state index in [9.17, 15) is 39.3 Å². The number of halogens is 7. The second kappa shape index (κ2) is 10.5. The fourth-order valence-corrected chi connectivity index (χ4v) is 5.74. The van der Waals surface area contributed by atoms with Gasteiger partial charge in [0.1, 0.15) is 0 Å². The molecule has 0 saturated heterocycles. The van der Waals surface area contributed by atoms with Crippen LogP contribution in [0, 0.1) is 0 Å². The van der Waals surface area contributed by atoms with Crippen molar-refractivity contribution < 1.29 is 39.3 Å². The minimum atomic E-state index is -4.91. The molecule has 0 aromatic heterocycles. The summed E-state index contributed by atoms with van der Waals surface area (Å²) in [5.41, 5.74) is -1.78. The lowest BCUT2D eigenvalue weighted by molar-refractivity contribution is -0.138. The van der Waals surface area contributed by atoms with Crippen LogP contribution in [0.5, 0.6) is 0 Å². The highest BCUT2D eigenvalue weighted by Gasteiger charge is 2.50. The molecule has 0 saturated carbocycles. The fourth-order valence-electron chi connectivity index (χ4n) is 3.66.